The van der Waals surface area contributed by atoms with Crippen LogP contribution in [0, 0.1) is 0 Å². The van der Waals surface area contributed by atoms with Crippen molar-refractivity contribution >= 4 is 27.6 Å². The second-order valence-electron chi connectivity index (χ2n) is 6.18. The zero-order valence-electron chi connectivity index (χ0n) is 13.5. The summed E-state index contributed by atoms with van der Waals surface area (Å²) in [6, 6.07) is 0. The first kappa shape index (κ1) is 18.7. The Bertz CT molecular complexity index is 260. The van der Waals surface area contributed by atoms with Gasteiger partial charge in [0.15, 0.2) is 0 Å². The van der Waals surface area contributed by atoms with Crippen molar-refractivity contribution in [3.05, 3.63) is 8.28 Å². The van der Waals surface area contributed by atoms with Crippen LogP contribution < -0.4 is 0 Å². The first-order valence-corrected chi connectivity index (χ1v) is 11.1. The molecular weight excluding hydrogens is 327 g/mol. The molecule has 0 saturated heterocycles. The molecule has 0 spiro atoms. The van der Waals surface area contributed by atoms with Gasteiger partial charge in [-0.1, -0.05) is 32.6 Å². The molecule has 0 saturated carbocycles. The van der Waals surface area contributed by atoms with Gasteiger partial charge in [0.05, 0.1) is 0 Å². The fourth-order valence-electron chi connectivity index (χ4n) is 2.73. The molecule has 118 valence electrons. The average molecular weight is 361 g/mol. The van der Waals surface area contributed by atoms with Crippen LogP contribution in [-0.4, -0.2) is 15.0 Å². The van der Waals surface area contributed by atoms with Crippen LogP contribution in [0.2, 0.25) is 0 Å². The molecule has 1 aliphatic rings. The quantitative estimate of drug-likeness (QED) is 0.188. The molecule has 0 radical (unpaired) electrons. The van der Waals surface area contributed by atoms with Crippen LogP contribution in [0.5, 0.6) is 0 Å². The third kappa shape index (κ3) is 11.3. The molecule has 0 amide bonds. The second kappa shape index (κ2) is 13.3. The van der Waals surface area contributed by atoms with Gasteiger partial charge in [0.1, 0.15) is 0 Å². The molecule has 0 atom stereocenters. The van der Waals surface area contributed by atoms with Crippen molar-refractivity contribution in [1.82, 2.24) is 0 Å². The van der Waals surface area contributed by atoms with Gasteiger partial charge in [-0.15, -0.1) is 0 Å². The molecule has 0 bridgehead atoms. The van der Waals surface area contributed by atoms with Gasteiger partial charge in [-0.25, -0.2) is 0 Å². The van der Waals surface area contributed by atoms with E-state index in [1.54, 1.807) is 4.47 Å². The third-order valence-corrected chi connectivity index (χ3v) is 7.13. The molecule has 1 aliphatic heterocycles. The summed E-state index contributed by atoms with van der Waals surface area (Å²) in [7, 11) is 0. The maximum atomic E-state index is 4.40. The van der Waals surface area contributed by atoms with Gasteiger partial charge in [0.2, 0.25) is 0 Å². The first-order valence-electron chi connectivity index (χ1n) is 8.94. The fourth-order valence-corrected chi connectivity index (χ4v) is 4.53. The maximum absolute atomic E-state index is 4.40. The van der Waals surface area contributed by atoms with E-state index < -0.39 is 0 Å². The van der Waals surface area contributed by atoms with Crippen molar-refractivity contribution in [2.24, 2.45) is 0 Å². The van der Waals surface area contributed by atoms with Crippen molar-refractivity contribution in [3.63, 3.8) is 0 Å². The van der Waals surface area contributed by atoms with Crippen LogP contribution in [0.4, 0.5) is 0 Å². The molecular formula is C18H34SSe. The van der Waals surface area contributed by atoms with Gasteiger partial charge in [-0.2, -0.15) is 0 Å². The van der Waals surface area contributed by atoms with Gasteiger partial charge in [0, 0.05) is 0 Å². The summed E-state index contributed by atoms with van der Waals surface area (Å²) < 4.78 is 3.13. The van der Waals surface area contributed by atoms with Crippen LogP contribution in [-0.2, 0) is 0 Å². The normalized spacial score (nSPS) is 14.1. The van der Waals surface area contributed by atoms with Crippen LogP contribution >= 0.6 is 12.6 Å². The Morgan fingerprint density at radius 2 is 1.00 bits per heavy atom. The van der Waals surface area contributed by atoms with Gasteiger partial charge in [0.25, 0.3) is 0 Å². The Morgan fingerprint density at radius 3 is 1.35 bits per heavy atom. The summed E-state index contributed by atoms with van der Waals surface area (Å²) in [5.41, 5.74) is 0. The SMILES string of the molecule is CCCCCCCCCCCCCCCCC1=C(S)[Se]1. The van der Waals surface area contributed by atoms with Crippen LogP contribution in [0.15, 0.2) is 8.28 Å². The molecule has 0 N–H and O–H groups in total. The number of hydrogen-bond donors (Lipinski definition) is 1. The van der Waals surface area contributed by atoms with Crippen molar-refractivity contribution in [3.8, 4) is 0 Å². The molecule has 0 nitrogen and oxygen atoms in total. The van der Waals surface area contributed by atoms with E-state index >= 15 is 0 Å². The topological polar surface area (TPSA) is 0 Å². The monoisotopic (exact) mass is 362 g/mol. The average Bonchev–Trinajstić information content (AvgIpc) is 3.15. The molecule has 0 unspecified atom stereocenters. The summed E-state index contributed by atoms with van der Waals surface area (Å²) in [6.45, 7) is 2.29. The Kier molecular flexibility index (Phi) is 12.4. The molecule has 1 rings (SSSR count). The summed E-state index contributed by atoms with van der Waals surface area (Å²) in [6.07, 6.45) is 21.7. The van der Waals surface area contributed by atoms with E-state index in [1.165, 1.54) is 100 Å². The predicted molar refractivity (Wildman–Crippen MR) is 96.7 cm³/mol. The van der Waals surface area contributed by atoms with Crippen molar-refractivity contribution in [1.29, 1.82) is 0 Å². The van der Waals surface area contributed by atoms with Crippen LogP contribution in [0.3, 0.4) is 0 Å². The second-order valence-corrected chi connectivity index (χ2v) is 9.62. The van der Waals surface area contributed by atoms with Gasteiger partial charge in [-0.3, -0.25) is 0 Å². The number of rotatable bonds is 15. The summed E-state index contributed by atoms with van der Waals surface area (Å²) in [5, 5.41) is 0. The van der Waals surface area contributed by atoms with Gasteiger partial charge >= 0.3 is 106 Å². The molecule has 2 heteroatoms. The van der Waals surface area contributed by atoms with E-state index in [2.05, 4.69) is 19.6 Å². The molecule has 0 fully saturated rings. The predicted octanol–water partition coefficient (Wildman–Crippen LogP) is 6.67. The first-order chi connectivity index (χ1) is 9.84. The minimum absolute atomic E-state index is 0.736. The minimum atomic E-state index is 0.736. The molecule has 0 aromatic heterocycles. The standard InChI is InChI=1S/C18H34SSe/c1-2-3-4-5-6-7-8-9-10-11-12-13-14-15-16-17-18(19)20-17/h19H,2-16H2,1H3. The van der Waals surface area contributed by atoms with E-state index in [0.29, 0.717) is 0 Å². The van der Waals surface area contributed by atoms with E-state index in [1.807, 2.05) is 0 Å². The Morgan fingerprint density at radius 1 is 0.650 bits per heavy atom. The van der Waals surface area contributed by atoms with Crippen molar-refractivity contribution in [2.45, 2.75) is 103 Å². The summed E-state index contributed by atoms with van der Waals surface area (Å²) >= 11 is 5.14. The third-order valence-electron chi connectivity index (χ3n) is 4.17. The van der Waals surface area contributed by atoms with Gasteiger partial charge in [-0.05, 0) is 0 Å². The van der Waals surface area contributed by atoms with E-state index in [9.17, 15) is 0 Å². The Labute approximate surface area is 139 Å². The van der Waals surface area contributed by atoms with Crippen molar-refractivity contribution < 1.29 is 0 Å². The molecule has 0 aromatic rings. The molecule has 1 heterocycles. The Hall–Kier alpha value is 0.609. The summed E-state index contributed by atoms with van der Waals surface area (Å²) in [5.74, 6) is 0. The van der Waals surface area contributed by atoms with Crippen LogP contribution in [0.25, 0.3) is 0 Å². The number of hydrogen-bond acceptors (Lipinski definition) is 1. The van der Waals surface area contributed by atoms with E-state index in [0.717, 1.165) is 15.0 Å². The molecule has 0 aliphatic carbocycles. The van der Waals surface area contributed by atoms with E-state index in [-0.39, 0.29) is 0 Å². The number of thiol groups is 1. The van der Waals surface area contributed by atoms with Crippen molar-refractivity contribution in [2.75, 3.05) is 0 Å². The molecule has 20 heavy (non-hydrogen) atoms. The zero-order chi connectivity index (χ0) is 14.5. The van der Waals surface area contributed by atoms with E-state index in [4.69, 9.17) is 0 Å². The summed E-state index contributed by atoms with van der Waals surface area (Å²) in [4.78, 5) is 0. The van der Waals surface area contributed by atoms with Crippen LogP contribution in [0.1, 0.15) is 103 Å². The van der Waals surface area contributed by atoms with Gasteiger partial charge < -0.3 is 0 Å². The fraction of sp³-hybridized carbons (Fsp3) is 0.889. The molecule has 0 aromatic carbocycles. The zero-order valence-corrected chi connectivity index (χ0v) is 16.1. The number of unbranched alkanes of at least 4 members (excludes halogenated alkanes) is 13. The number of allylic oxidation sites excluding steroid dienone is 1. The Balaban J connectivity index is 1.64.